The summed E-state index contributed by atoms with van der Waals surface area (Å²) in [5, 5.41) is 0. The number of hydrogen-bond donors (Lipinski definition) is 0. The summed E-state index contributed by atoms with van der Waals surface area (Å²) in [6.07, 6.45) is 1.11. The molecule has 0 aromatic heterocycles. The summed E-state index contributed by atoms with van der Waals surface area (Å²) >= 11 is 0. The molecule has 0 radical (unpaired) electrons. The fraction of sp³-hybridized carbons (Fsp3) is 0.250. The van der Waals surface area contributed by atoms with Crippen molar-refractivity contribution in [2.45, 2.75) is 11.8 Å². The lowest BCUT2D eigenvalue weighted by atomic mass is 10.2. The number of hydrogen-bond acceptors (Lipinski definition) is 4. The Morgan fingerprint density at radius 3 is 1.75 bits per heavy atom. The summed E-state index contributed by atoms with van der Waals surface area (Å²) < 4.78 is 50.8. The molecule has 0 amide bonds. The molecule has 2 rings (SSSR count). The number of anilines is 2. The summed E-state index contributed by atoms with van der Waals surface area (Å²) in [6.45, 7) is 1.83. The van der Waals surface area contributed by atoms with Crippen molar-refractivity contribution >= 4 is 31.4 Å². The summed E-state index contributed by atoms with van der Waals surface area (Å²) in [5.74, 6) is 0. The molecule has 0 spiro atoms. The van der Waals surface area contributed by atoms with Crippen LogP contribution in [0.4, 0.5) is 11.4 Å². The van der Waals surface area contributed by atoms with E-state index in [1.807, 2.05) is 13.0 Å². The molecular weight excluding hydrogens is 348 g/mol. The number of benzene rings is 2. The maximum Gasteiger partial charge on any atom is 0.264 e. The van der Waals surface area contributed by atoms with Crippen molar-refractivity contribution in [1.29, 1.82) is 0 Å². The Kier molecular flexibility index (Phi) is 4.91. The van der Waals surface area contributed by atoms with Gasteiger partial charge >= 0.3 is 0 Å². The Morgan fingerprint density at radius 1 is 0.792 bits per heavy atom. The fourth-order valence-corrected chi connectivity index (χ4v) is 3.94. The van der Waals surface area contributed by atoms with Crippen LogP contribution in [-0.2, 0) is 20.0 Å². The van der Waals surface area contributed by atoms with Gasteiger partial charge in [0.25, 0.3) is 10.0 Å². The summed E-state index contributed by atoms with van der Waals surface area (Å²) in [7, 11) is -4.13. The van der Waals surface area contributed by atoms with Crippen molar-refractivity contribution in [3.05, 3.63) is 54.1 Å². The van der Waals surface area contributed by atoms with Crippen molar-refractivity contribution in [3.63, 3.8) is 0 Å². The highest BCUT2D eigenvalue weighted by atomic mass is 32.2. The average Bonchev–Trinajstić information content (AvgIpc) is 2.52. The number of rotatable bonds is 5. The third-order valence-corrected chi connectivity index (χ3v) is 6.71. The first-order chi connectivity index (χ1) is 11.0. The molecule has 6 nitrogen and oxygen atoms in total. The minimum absolute atomic E-state index is 0.210. The van der Waals surface area contributed by atoms with E-state index in [4.69, 9.17) is 0 Å². The summed E-state index contributed by atoms with van der Waals surface area (Å²) in [4.78, 5) is 0.210. The Bertz CT molecular complexity index is 936. The number of nitrogens with zero attached hydrogens (tertiary/aromatic N) is 2. The molecule has 24 heavy (non-hydrogen) atoms. The van der Waals surface area contributed by atoms with Gasteiger partial charge in [0.2, 0.25) is 10.0 Å². The molecule has 0 bridgehead atoms. The average molecular weight is 368 g/mol. The van der Waals surface area contributed by atoms with E-state index in [0.29, 0.717) is 11.4 Å². The van der Waals surface area contributed by atoms with Crippen LogP contribution >= 0.6 is 0 Å². The SMILES string of the molecule is Cc1cccc(S(=O)(=O)N(C)c2ccc(N(C)S(C)(=O)=O)cc2)c1. The maximum absolute atomic E-state index is 12.7. The van der Waals surface area contributed by atoms with Gasteiger partial charge in [0.05, 0.1) is 22.5 Å². The first kappa shape index (κ1) is 18.3. The maximum atomic E-state index is 12.7. The van der Waals surface area contributed by atoms with Crippen LogP contribution in [0.25, 0.3) is 0 Å². The van der Waals surface area contributed by atoms with Crippen molar-refractivity contribution in [2.24, 2.45) is 0 Å². The number of aryl methyl sites for hydroxylation is 1. The first-order valence-electron chi connectivity index (χ1n) is 7.13. The van der Waals surface area contributed by atoms with Crippen molar-refractivity contribution < 1.29 is 16.8 Å². The highest BCUT2D eigenvalue weighted by molar-refractivity contribution is 7.92. The van der Waals surface area contributed by atoms with E-state index in [0.717, 1.165) is 16.1 Å². The molecule has 0 N–H and O–H groups in total. The van der Waals surface area contributed by atoms with Gasteiger partial charge in [-0.1, -0.05) is 12.1 Å². The van der Waals surface area contributed by atoms with Gasteiger partial charge in [-0.3, -0.25) is 8.61 Å². The van der Waals surface area contributed by atoms with Crippen LogP contribution < -0.4 is 8.61 Å². The largest absolute Gasteiger partial charge is 0.274 e. The summed E-state index contributed by atoms with van der Waals surface area (Å²) in [6, 6.07) is 13.0. The fourth-order valence-electron chi connectivity index (χ4n) is 2.14. The van der Waals surface area contributed by atoms with E-state index < -0.39 is 20.0 Å². The van der Waals surface area contributed by atoms with E-state index in [9.17, 15) is 16.8 Å². The lowest BCUT2D eigenvalue weighted by Gasteiger charge is -2.21. The lowest BCUT2D eigenvalue weighted by molar-refractivity contribution is 0.593. The third-order valence-electron chi connectivity index (χ3n) is 3.72. The van der Waals surface area contributed by atoms with Gasteiger partial charge in [-0.2, -0.15) is 0 Å². The van der Waals surface area contributed by atoms with Crippen molar-refractivity contribution in [1.82, 2.24) is 0 Å². The second-order valence-corrected chi connectivity index (χ2v) is 9.52. The zero-order valence-corrected chi connectivity index (χ0v) is 15.6. The standard InChI is InChI=1S/C16H20N2O4S2/c1-13-6-5-7-16(12-13)24(21,22)18(3)15-10-8-14(9-11-15)17(2)23(4,19)20/h5-12H,1-4H3. The van der Waals surface area contributed by atoms with Gasteiger partial charge in [0.15, 0.2) is 0 Å². The molecule has 0 saturated carbocycles. The molecule has 130 valence electrons. The van der Waals surface area contributed by atoms with Crippen LogP contribution in [0.15, 0.2) is 53.4 Å². The molecule has 2 aromatic carbocycles. The minimum Gasteiger partial charge on any atom is -0.274 e. The minimum atomic E-state index is -3.67. The second-order valence-electron chi connectivity index (χ2n) is 5.54. The topological polar surface area (TPSA) is 74.8 Å². The molecule has 0 unspecified atom stereocenters. The van der Waals surface area contributed by atoms with E-state index in [2.05, 4.69) is 0 Å². The first-order valence-corrected chi connectivity index (χ1v) is 10.4. The lowest BCUT2D eigenvalue weighted by Crippen LogP contribution is -2.27. The predicted octanol–water partition coefficient (Wildman–Crippen LogP) is 2.22. The van der Waals surface area contributed by atoms with Gasteiger partial charge in [-0.25, -0.2) is 16.8 Å². The summed E-state index contributed by atoms with van der Waals surface area (Å²) in [5.41, 5.74) is 1.76. The highest BCUT2D eigenvalue weighted by Crippen LogP contribution is 2.25. The molecule has 0 atom stereocenters. The normalized spacial score (nSPS) is 12.0. The Balaban J connectivity index is 2.35. The second kappa shape index (κ2) is 6.45. The smallest absolute Gasteiger partial charge is 0.264 e. The quantitative estimate of drug-likeness (QED) is 0.811. The third kappa shape index (κ3) is 3.70. The van der Waals surface area contributed by atoms with Gasteiger partial charge in [0.1, 0.15) is 0 Å². The number of sulfonamides is 2. The van der Waals surface area contributed by atoms with E-state index >= 15 is 0 Å². The predicted molar refractivity (Wildman–Crippen MR) is 96.5 cm³/mol. The molecule has 0 saturated heterocycles. The molecule has 0 aliphatic rings. The van der Waals surface area contributed by atoms with Crippen LogP contribution in [-0.4, -0.2) is 37.2 Å². The zero-order chi connectivity index (χ0) is 18.1. The van der Waals surface area contributed by atoms with Crippen LogP contribution in [0.1, 0.15) is 5.56 Å². The zero-order valence-electron chi connectivity index (χ0n) is 14.0. The van der Waals surface area contributed by atoms with Crippen LogP contribution in [0.5, 0.6) is 0 Å². The highest BCUT2D eigenvalue weighted by Gasteiger charge is 2.21. The van der Waals surface area contributed by atoms with Crippen LogP contribution in [0.3, 0.4) is 0 Å². The van der Waals surface area contributed by atoms with Crippen molar-refractivity contribution in [3.8, 4) is 0 Å². The molecule has 8 heteroatoms. The van der Waals surface area contributed by atoms with Crippen molar-refractivity contribution in [2.75, 3.05) is 29.0 Å². The van der Waals surface area contributed by atoms with E-state index in [1.54, 1.807) is 42.5 Å². The monoisotopic (exact) mass is 368 g/mol. The molecule has 0 heterocycles. The van der Waals surface area contributed by atoms with E-state index in [-0.39, 0.29) is 4.90 Å². The Hall–Kier alpha value is -2.06. The van der Waals surface area contributed by atoms with Gasteiger partial charge in [-0.15, -0.1) is 0 Å². The molecule has 0 aliphatic heterocycles. The van der Waals surface area contributed by atoms with E-state index in [1.165, 1.54) is 18.4 Å². The Morgan fingerprint density at radius 2 is 1.29 bits per heavy atom. The van der Waals surface area contributed by atoms with Gasteiger partial charge in [0, 0.05) is 14.1 Å². The molecule has 0 aliphatic carbocycles. The van der Waals surface area contributed by atoms with Crippen LogP contribution in [0.2, 0.25) is 0 Å². The van der Waals surface area contributed by atoms with Gasteiger partial charge < -0.3 is 0 Å². The van der Waals surface area contributed by atoms with Gasteiger partial charge in [-0.05, 0) is 48.9 Å². The van der Waals surface area contributed by atoms with Crippen LogP contribution in [0, 0.1) is 6.92 Å². The molecule has 2 aromatic rings. The Labute approximate surface area is 143 Å². The molecule has 0 fully saturated rings. The molecular formula is C16H20N2O4S2.